The second kappa shape index (κ2) is 13.0. The van der Waals surface area contributed by atoms with Crippen molar-refractivity contribution in [3.8, 4) is 5.75 Å². The van der Waals surface area contributed by atoms with Crippen molar-refractivity contribution >= 4 is 37.2 Å². The summed E-state index contributed by atoms with van der Waals surface area (Å²) in [6.07, 6.45) is 7.10. The number of piperazine rings is 1. The third kappa shape index (κ3) is 6.24. The Hall–Kier alpha value is -2.64. The van der Waals surface area contributed by atoms with Crippen molar-refractivity contribution in [2.75, 3.05) is 70.1 Å². The molecule has 12 heteroatoms. The highest BCUT2D eigenvalue weighted by atomic mass is 32.2. The van der Waals surface area contributed by atoms with E-state index in [1.54, 1.807) is 24.5 Å². The molecule has 0 saturated carbocycles. The number of likely N-dealkylation sites (tertiary alicyclic amines) is 1. The Kier molecular flexibility index (Phi) is 9.26. The highest BCUT2D eigenvalue weighted by Gasteiger charge is 2.34. The van der Waals surface area contributed by atoms with Crippen LogP contribution in [-0.2, 0) is 20.6 Å². The number of anilines is 1. The minimum absolute atomic E-state index is 0.0171. The SMILES string of the molecule is CCN1CCN(C2CCN(C3CCN(c4c(S(=O)(=O)c5ccc(O)c(F)c5)cnc5ccc(S(C)=O)cc45)CC3)CC2)CC1. The topological polar surface area (TPSA) is 97.3 Å². The molecule has 0 spiro atoms. The van der Waals surface area contributed by atoms with Crippen molar-refractivity contribution in [2.24, 2.45) is 0 Å². The molecule has 1 N–H and O–H groups in total. The van der Waals surface area contributed by atoms with Gasteiger partial charge < -0.3 is 19.8 Å². The van der Waals surface area contributed by atoms with Gasteiger partial charge in [0.15, 0.2) is 11.6 Å². The standard InChI is InChI=1S/C32H42FN5O4S2/c1-3-35-16-18-37(19-17-35)24-8-12-36(13-9-24)23-10-14-38(15-11-23)32-27-20-25(43(2)40)4-6-29(27)34-22-31(32)44(41,42)26-5-7-30(39)28(33)21-26/h4-7,20-24,39H,3,8-19H2,1-2H3. The summed E-state index contributed by atoms with van der Waals surface area (Å²) in [7, 11) is -5.46. The van der Waals surface area contributed by atoms with Gasteiger partial charge >= 0.3 is 0 Å². The maximum Gasteiger partial charge on any atom is 0.210 e. The van der Waals surface area contributed by atoms with E-state index in [2.05, 4.69) is 31.5 Å². The molecule has 238 valence electrons. The molecule has 3 aliphatic heterocycles. The first kappa shape index (κ1) is 31.3. The number of likely N-dealkylation sites (N-methyl/N-ethyl adjacent to an activating group) is 1. The first-order chi connectivity index (χ1) is 21.2. The molecule has 44 heavy (non-hydrogen) atoms. The fourth-order valence-electron chi connectivity index (χ4n) is 7.14. The Labute approximate surface area is 262 Å². The minimum atomic E-state index is -4.19. The maximum absolute atomic E-state index is 14.3. The van der Waals surface area contributed by atoms with Crippen molar-refractivity contribution in [1.82, 2.24) is 19.7 Å². The van der Waals surface area contributed by atoms with Gasteiger partial charge in [-0.1, -0.05) is 6.92 Å². The second-order valence-corrected chi connectivity index (χ2v) is 15.5. The zero-order valence-corrected chi connectivity index (χ0v) is 27.1. The molecule has 1 unspecified atom stereocenters. The van der Waals surface area contributed by atoms with Crippen LogP contribution in [0.3, 0.4) is 0 Å². The van der Waals surface area contributed by atoms with Crippen LogP contribution in [0.1, 0.15) is 32.6 Å². The summed E-state index contributed by atoms with van der Waals surface area (Å²) in [4.78, 5) is 14.7. The van der Waals surface area contributed by atoms with Crippen LogP contribution in [0.2, 0.25) is 0 Å². The van der Waals surface area contributed by atoms with E-state index >= 15 is 0 Å². The smallest absolute Gasteiger partial charge is 0.210 e. The molecule has 9 nitrogen and oxygen atoms in total. The van der Waals surface area contributed by atoms with Crippen LogP contribution in [-0.4, -0.2) is 115 Å². The molecule has 6 rings (SSSR count). The summed E-state index contributed by atoms with van der Waals surface area (Å²) in [6, 6.07) is 9.47. The van der Waals surface area contributed by atoms with Gasteiger partial charge in [0.05, 0.1) is 16.1 Å². The van der Waals surface area contributed by atoms with Crippen LogP contribution in [0.5, 0.6) is 5.75 Å². The quantitative estimate of drug-likeness (QED) is 0.413. The summed E-state index contributed by atoms with van der Waals surface area (Å²) in [5.41, 5.74) is 1.12. The third-order valence-electron chi connectivity index (χ3n) is 9.79. The zero-order chi connectivity index (χ0) is 31.0. The van der Waals surface area contributed by atoms with Gasteiger partial charge in [0.2, 0.25) is 9.84 Å². The Balaban J connectivity index is 1.23. The maximum atomic E-state index is 14.3. The van der Waals surface area contributed by atoms with Crippen molar-refractivity contribution in [2.45, 2.75) is 59.4 Å². The number of phenolic OH excluding ortho intramolecular Hbond substituents is 1. The number of benzene rings is 2. The van der Waals surface area contributed by atoms with Gasteiger partial charge in [-0.25, -0.2) is 12.8 Å². The second-order valence-electron chi connectivity index (χ2n) is 12.2. The number of fused-ring (bicyclic) bond motifs is 1. The lowest BCUT2D eigenvalue weighted by molar-refractivity contribution is 0.0449. The van der Waals surface area contributed by atoms with Crippen LogP contribution in [0.4, 0.5) is 10.1 Å². The molecular formula is C32H42FN5O4S2. The van der Waals surface area contributed by atoms with Gasteiger partial charge in [0.25, 0.3) is 0 Å². The van der Waals surface area contributed by atoms with Crippen LogP contribution in [0.25, 0.3) is 10.9 Å². The van der Waals surface area contributed by atoms with E-state index < -0.39 is 32.2 Å². The van der Waals surface area contributed by atoms with Crippen molar-refractivity contribution in [3.63, 3.8) is 0 Å². The van der Waals surface area contributed by atoms with Gasteiger partial charge in [-0.2, -0.15) is 0 Å². The first-order valence-corrected chi connectivity index (χ1v) is 18.6. The number of piperidine rings is 2. The lowest BCUT2D eigenvalue weighted by atomic mass is 9.96. The van der Waals surface area contributed by atoms with Crippen molar-refractivity contribution < 1.29 is 22.1 Å². The molecule has 3 saturated heterocycles. The molecule has 3 fully saturated rings. The number of aromatic nitrogens is 1. The Morgan fingerprint density at radius 2 is 1.55 bits per heavy atom. The van der Waals surface area contributed by atoms with Gasteiger partial charge in [-0.15, -0.1) is 0 Å². The Morgan fingerprint density at radius 3 is 2.16 bits per heavy atom. The van der Waals surface area contributed by atoms with Gasteiger partial charge in [-0.05, 0) is 81.7 Å². The molecule has 3 aromatic rings. The fourth-order valence-corrected chi connectivity index (χ4v) is 9.13. The van der Waals surface area contributed by atoms with E-state index in [0.29, 0.717) is 46.7 Å². The van der Waals surface area contributed by atoms with Crippen molar-refractivity contribution in [3.05, 3.63) is 48.4 Å². The molecule has 1 atom stereocenters. The number of rotatable bonds is 7. The predicted molar refractivity (Wildman–Crippen MR) is 171 cm³/mol. The molecule has 4 heterocycles. The molecule has 0 bridgehead atoms. The number of hydrogen-bond donors (Lipinski definition) is 1. The monoisotopic (exact) mass is 643 g/mol. The average molecular weight is 644 g/mol. The van der Waals surface area contributed by atoms with Gasteiger partial charge in [0, 0.05) is 84.9 Å². The molecule has 3 aliphatic rings. The Bertz CT molecular complexity index is 1630. The van der Waals surface area contributed by atoms with Crippen molar-refractivity contribution in [1.29, 1.82) is 0 Å². The lowest BCUT2D eigenvalue weighted by Crippen LogP contribution is -2.55. The number of pyridine rings is 1. The summed E-state index contributed by atoms with van der Waals surface area (Å²) >= 11 is 0. The van der Waals surface area contributed by atoms with Gasteiger partial charge in [-0.3, -0.25) is 14.1 Å². The number of phenols is 1. The minimum Gasteiger partial charge on any atom is -0.505 e. The zero-order valence-electron chi connectivity index (χ0n) is 25.5. The lowest BCUT2D eigenvalue weighted by Gasteiger charge is -2.46. The van der Waals surface area contributed by atoms with E-state index in [1.165, 1.54) is 25.1 Å². The van der Waals surface area contributed by atoms with E-state index in [1.807, 2.05) is 0 Å². The summed E-state index contributed by atoms with van der Waals surface area (Å²) in [5.74, 6) is -1.61. The van der Waals surface area contributed by atoms with E-state index in [0.717, 1.165) is 70.8 Å². The average Bonchev–Trinajstić information content (AvgIpc) is 3.05. The summed E-state index contributed by atoms with van der Waals surface area (Å²) in [6.45, 7) is 11.5. The van der Waals surface area contributed by atoms with E-state index in [9.17, 15) is 22.1 Å². The normalized spacial score (nSPS) is 21.2. The third-order valence-corrected chi connectivity index (χ3v) is 12.5. The molecule has 0 radical (unpaired) electrons. The number of hydrogen-bond acceptors (Lipinski definition) is 9. The molecule has 0 amide bonds. The highest BCUT2D eigenvalue weighted by Crippen LogP contribution is 2.39. The van der Waals surface area contributed by atoms with E-state index in [4.69, 9.17) is 0 Å². The Morgan fingerprint density at radius 1 is 0.909 bits per heavy atom. The van der Waals surface area contributed by atoms with Crippen LogP contribution in [0.15, 0.2) is 57.3 Å². The molecular weight excluding hydrogens is 602 g/mol. The van der Waals surface area contributed by atoms with Crippen LogP contribution in [0, 0.1) is 5.82 Å². The fraction of sp³-hybridized carbons (Fsp3) is 0.531. The molecule has 2 aromatic carbocycles. The number of halogens is 1. The summed E-state index contributed by atoms with van der Waals surface area (Å²) < 4.78 is 54.6. The van der Waals surface area contributed by atoms with Crippen LogP contribution < -0.4 is 4.90 Å². The molecule has 0 aliphatic carbocycles. The largest absolute Gasteiger partial charge is 0.505 e. The summed E-state index contributed by atoms with van der Waals surface area (Å²) in [5, 5.41) is 10.3. The van der Waals surface area contributed by atoms with Gasteiger partial charge in [0.1, 0.15) is 4.90 Å². The first-order valence-electron chi connectivity index (χ1n) is 15.6. The highest BCUT2D eigenvalue weighted by molar-refractivity contribution is 7.91. The number of sulfone groups is 1. The predicted octanol–water partition coefficient (Wildman–Crippen LogP) is 3.72. The van der Waals surface area contributed by atoms with Crippen LogP contribution >= 0.6 is 0 Å². The molecule has 1 aromatic heterocycles. The number of aromatic hydroxyl groups is 1. The number of nitrogens with zero attached hydrogens (tertiary/aromatic N) is 5. The van der Waals surface area contributed by atoms with E-state index in [-0.39, 0.29) is 9.79 Å².